The SMILES string of the molecule is C=CCN(C(=O)OC)c1nc(Sc2ccccc2)nc(Sc2ccccc2)n1. The van der Waals surface area contributed by atoms with Gasteiger partial charge in [0.05, 0.1) is 13.7 Å². The van der Waals surface area contributed by atoms with E-state index in [1.165, 1.54) is 35.5 Å². The van der Waals surface area contributed by atoms with Crippen molar-refractivity contribution in [3.8, 4) is 0 Å². The van der Waals surface area contributed by atoms with Crippen LogP contribution < -0.4 is 4.90 Å². The molecule has 2 aromatic carbocycles. The molecule has 1 heterocycles. The van der Waals surface area contributed by atoms with Gasteiger partial charge in [-0.1, -0.05) is 42.5 Å². The van der Waals surface area contributed by atoms with Crippen molar-refractivity contribution in [3.63, 3.8) is 0 Å². The smallest absolute Gasteiger partial charge is 0.416 e. The van der Waals surface area contributed by atoms with Crippen LogP contribution in [0, 0.1) is 0 Å². The van der Waals surface area contributed by atoms with Crippen LogP contribution in [-0.4, -0.2) is 34.7 Å². The van der Waals surface area contributed by atoms with Crippen molar-refractivity contribution in [2.45, 2.75) is 20.1 Å². The normalized spacial score (nSPS) is 10.3. The highest BCUT2D eigenvalue weighted by atomic mass is 32.2. The molecule has 28 heavy (non-hydrogen) atoms. The summed E-state index contributed by atoms with van der Waals surface area (Å²) in [6.07, 6.45) is 1.03. The van der Waals surface area contributed by atoms with E-state index in [0.29, 0.717) is 10.3 Å². The molecule has 0 aliphatic carbocycles. The van der Waals surface area contributed by atoms with Gasteiger partial charge in [-0.15, -0.1) is 6.58 Å². The molecule has 0 unspecified atom stereocenters. The maximum absolute atomic E-state index is 12.2. The fraction of sp³-hybridized carbons (Fsp3) is 0.100. The monoisotopic (exact) mass is 410 g/mol. The Morgan fingerprint density at radius 3 is 1.89 bits per heavy atom. The molecule has 0 radical (unpaired) electrons. The van der Waals surface area contributed by atoms with E-state index in [2.05, 4.69) is 21.5 Å². The third-order valence-electron chi connectivity index (χ3n) is 3.44. The van der Waals surface area contributed by atoms with E-state index < -0.39 is 6.09 Å². The van der Waals surface area contributed by atoms with E-state index in [-0.39, 0.29) is 12.5 Å². The standard InChI is InChI=1S/C20H18N4O2S2/c1-3-14-24(20(25)26-2)17-21-18(27-15-10-6-4-7-11-15)23-19(22-17)28-16-12-8-5-9-13-16/h3-13H,1,14H2,2H3. The molecular weight excluding hydrogens is 392 g/mol. The van der Waals surface area contributed by atoms with Gasteiger partial charge < -0.3 is 4.74 Å². The summed E-state index contributed by atoms with van der Waals surface area (Å²) in [7, 11) is 1.32. The molecule has 0 saturated heterocycles. The van der Waals surface area contributed by atoms with Crippen LogP contribution in [0.2, 0.25) is 0 Å². The number of rotatable bonds is 7. The van der Waals surface area contributed by atoms with Crippen LogP contribution in [0.5, 0.6) is 0 Å². The summed E-state index contributed by atoms with van der Waals surface area (Å²) in [5, 5.41) is 0.986. The summed E-state index contributed by atoms with van der Waals surface area (Å²) >= 11 is 2.80. The minimum atomic E-state index is -0.558. The summed E-state index contributed by atoms with van der Waals surface area (Å²) in [5.41, 5.74) is 0. The minimum Gasteiger partial charge on any atom is -0.452 e. The van der Waals surface area contributed by atoms with Crippen LogP contribution in [0.15, 0.2) is 93.4 Å². The second kappa shape index (κ2) is 9.91. The second-order valence-electron chi connectivity index (χ2n) is 5.40. The van der Waals surface area contributed by atoms with Gasteiger partial charge in [0.15, 0.2) is 10.3 Å². The topological polar surface area (TPSA) is 68.2 Å². The first-order chi connectivity index (χ1) is 13.7. The van der Waals surface area contributed by atoms with Crippen molar-refractivity contribution in [2.24, 2.45) is 0 Å². The second-order valence-corrected chi connectivity index (χ2v) is 7.48. The lowest BCUT2D eigenvalue weighted by Gasteiger charge is -2.18. The lowest BCUT2D eigenvalue weighted by atomic mass is 10.4. The third-order valence-corrected chi connectivity index (χ3v) is 5.18. The van der Waals surface area contributed by atoms with Gasteiger partial charge in [-0.3, -0.25) is 0 Å². The zero-order valence-corrected chi connectivity index (χ0v) is 16.8. The van der Waals surface area contributed by atoms with E-state index in [1.54, 1.807) is 6.08 Å². The molecule has 8 heteroatoms. The lowest BCUT2D eigenvalue weighted by molar-refractivity contribution is 0.179. The quantitative estimate of drug-likeness (QED) is 0.511. The summed E-state index contributed by atoms with van der Waals surface area (Å²) in [6.45, 7) is 3.92. The Morgan fingerprint density at radius 2 is 1.46 bits per heavy atom. The average Bonchev–Trinajstić information content (AvgIpc) is 2.73. The van der Waals surface area contributed by atoms with E-state index >= 15 is 0 Å². The van der Waals surface area contributed by atoms with Crippen LogP contribution in [0.3, 0.4) is 0 Å². The number of methoxy groups -OCH3 is 1. The Labute approximate surface area is 172 Å². The largest absolute Gasteiger partial charge is 0.452 e. The number of carbonyl (C=O) groups is 1. The van der Waals surface area contributed by atoms with Crippen molar-refractivity contribution in [2.75, 3.05) is 18.6 Å². The van der Waals surface area contributed by atoms with Gasteiger partial charge in [0.2, 0.25) is 5.95 Å². The molecule has 1 amide bonds. The maximum atomic E-state index is 12.2. The van der Waals surface area contributed by atoms with Crippen LogP contribution in [0.25, 0.3) is 0 Å². The Morgan fingerprint density at radius 1 is 0.964 bits per heavy atom. The number of benzene rings is 2. The molecule has 0 fully saturated rings. The zero-order valence-electron chi connectivity index (χ0n) is 15.2. The fourth-order valence-electron chi connectivity index (χ4n) is 2.20. The molecule has 0 bridgehead atoms. The van der Waals surface area contributed by atoms with Gasteiger partial charge in [0.25, 0.3) is 0 Å². The predicted octanol–water partition coefficient (Wildman–Crippen LogP) is 4.93. The number of ether oxygens (including phenoxy) is 1. The van der Waals surface area contributed by atoms with E-state index in [0.717, 1.165) is 9.79 Å². The minimum absolute atomic E-state index is 0.221. The molecule has 0 N–H and O–H groups in total. The molecule has 6 nitrogen and oxygen atoms in total. The fourth-order valence-corrected chi connectivity index (χ4v) is 3.79. The zero-order chi connectivity index (χ0) is 19.8. The van der Waals surface area contributed by atoms with Crippen molar-refractivity contribution >= 4 is 35.6 Å². The van der Waals surface area contributed by atoms with Crippen LogP contribution in [0.1, 0.15) is 0 Å². The highest BCUT2D eigenvalue weighted by Crippen LogP contribution is 2.30. The first-order valence-corrected chi connectivity index (χ1v) is 10.0. The number of carbonyl (C=O) groups excluding carboxylic acids is 1. The highest BCUT2D eigenvalue weighted by Gasteiger charge is 2.20. The Kier molecular flexibility index (Phi) is 7.05. The lowest BCUT2D eigenvalue weighted by Crippen LogP contribution is -2.32. The van der Waals surface area contributed by atoms with Gasteiger partial charge in [0, 0.05) is 9.79 Å². The molecule has 0 aliphatic rings. The van der Waals surface area contributed by atoms with Gasteiger partial charge in [0.1, 0.15) is 0 Å². The first kappa shape index (κ1) is 19.9. The summed E-state index contributed by atoms with van der Waals surface area (Å²) in [5.74, 6) is 0.221. The summed E-state index contributed by atoms with van der Waals surface area (Å²) in [4.78, 5) is 29.0. The molecule has 3 rings (SSSR count). The molecule has 0 atom stereocenters. The Hall–Kier alpha value is -2.84. The average molecular weight is 411 g/mol. The predicted molar refractivity (Wildman–Crippen MR) is 111 cm³/mol. The van der Waals surface area contributed by atoms with Crippen molar-refractivity contribution in [1.82, 2.24) is 15.0 Å². The summed E-state index contributed by atoms with van der Waals surface area (Å²) < 4.78 is 4.86. The number of hydrogen-bond acceptors (Lipinski definition) is 7. The Balaban J connectivity index is 1.99. The number of nitrogens with zero attached hydrogens (tertiary/aromatic N) is 4. The third kappa shape index (κ3) is 5.34. The molecule has 0 spiro atoms. The van der Waals surface area contributed by atoms with E-state index in [9.17, 15) is 4.79 Å². The van der Waals surface area contributed by atoms with Gasteiger partial charge in [-0.25, -0.2) is 9.69 Å². The molecule has 0 aliphatic heterocycles. The Bertz CT molecular complexity index is 880. The van der Waals surface area contributed by atoms with Gasteiger partial charge in [-0.05, 0) is 47.8 Å². The molecule has 0 saturated carbocycles. The highest BCUT2D eigenvalue weighted by molar-refractivity contribution is 7.99. The van der Waals surface area contributed by atoms with Crippen molar-refractivity contribution in [3.05, 3.63) is 73.3 Å². The van der Waals surface area contributed by atoms with Crippen LogP contribution >= 0.6 is 23.5 Å². The molecule has 142 valence electrons. The molecule has 3 aromatic rings. The van der Waals surface area contributed by atoms with Crippen LogP contribution in [-0.2, 0) is 4.74 Å². The number of hydrogen-bond donors (Lipinski definition) is 0. The van der Waals surface area contributed by atoms with Gasteiger partial charge >= 0.3 is 6.09 Å². The van der Waals surface area contributed by atoms with E-state index in [1.807, 2.05) is 60.7 Å². The van der Waals surface area contributed by atoms with Crippen molar-refractivity contribution in [1.29, 1.82) is 0 Å². The number of amides is 1. The van der Waals surface area contributed by atoms with Crippen molar-refractivity contribution < 1.29 is 9.53 Å². The molecule has 1 aromatic heterocycles. The van der Waals surface area contributed by atoms with E-state index in [4.69, 9.17) is 4.74 Å². The van der Waals surface area contributed by atoms with Gasteiger partial charge in [-0.2, -0.15) is 15.0 Å². The summed E-state index contributed by atoms with van der Waals surface area (Å²) in [6, 6.07) is 19.6. The first-order valence-electron chi connectivity index (χ1n) is 8.38. The number of anilines is 1. The molecular formula is C20H18N4O2S2. The van der Waals surface area contributed by atoms with Crippen LogP contribution in [0.4, 0.5) is 10.7 Å². The number of aromatic nitrogens is 3. The maximum Gasteiger partial charge on any atom is 0.416 e.